The normalized spacial score (nSPS) is 11.4. The van der Waals surface area contributed by atoms with Crippen LogP contribution in [0.3, 0.4) is 0 Å². The van der Waals surface area contributed by atoms with Crippen LogP contribution < -0.4 is 0 Å². The third kappa shape index (κ3) is 2.25. The van der Waals surface area contributed by atoms with Crippen molar-refractivity contribution in [3.8, 4) is 0 Å². The molecule has 0 aliphatic carbocycles. The molecule has 0 amide bonds. The maximum Gasteiger partial charge on any atom is 0.417 e. The molecule has 0 N–H and O–H groups in total. The number of benzene rings is 1. The van der Waals surface area contributed by atoms with Gasteiger partial charge in [0.25, 0.3) is 0 Å². The Morgan fingerprint density at radius 1 is 1.31 bits per heavy atom. The molecule has 1 aromatic rings. The molecule has 0 saturated heterocycles. The summed E-state index contributed by atoms with van der Waals surface area (Å²) in [6.45, 7) is 3.25. The van der Waals surface area contributed by atoms with Gasteiger partial charge in [0.15, 0.2) is 0 Å². The Bertz CT molecular complexity index is 328. The van der Waals surface area contributed by atoms with E-state index in [9.17, 15) is 13.2 Å². The van der Waals surface area contributed by atoms with Gasteiger partial charge in [0.2, 0.25) is 0 Å². The van der Waals surface area contributed by atoms with Crippen LogP contribution >= 0.6 is 11.6 Å². The molecule has 13 heavy (non-hydrogen) atoms. The molecule has 0 heterocycles. The minimum Gasteiger partial charge on any atom is -0.166 e. The molecule has 0 aliphatic rings. The molecule has 4 heteroatoms. The van der Waals surface area contributed by atoms with Crippen LogP contribution in [0.5, 0.6) is 0 Å². The lowest BCUT2D eigenvalue weighted by Gasteiger charge is -2.08. The fourth-order valence-electron chi connectivity index (χ4n) is 0.852. The van der Waals surface area contributed by atoms with Gasteiger partial charge in [-0.2, -0.15) is 13.2 Å². The Hall–Kier alpha value is -0.960. The molecule has 0 spiro atoms. The number of hydrogen-bond acceptors (Lipinski definition) is 0. The lowest BCUT2D eigenvalue weighted by molar-refractivity contribution is -0.137. The molecular weight excluding hydrogens is 201 g/mol. The standard InChI is InChI=1S/C9H5ClF3/c1-2-6-3-4-8(10)7(5-6)9(11,12)13/h3-5H,1H2. The zero-order valence-electron chi connectivity index (χ0n) is 6.45. The van der Waals surface area contributed by atoms with Crippen LogP contribution in [-0.4, -0.2) is 0 Å². The van der Waals surface area contributed by atoms with Gasteiger partial charge in [-0.3, -0.25) is 0 Å². The van der Waals surface area contributed by atoms with E-state index in [0.29, 0.717) is 0 Å². The van der Waals surface area contributed by atoms with Gasteiger partial charge >= 0.3 is 6.18 Å². The van der Waals surface area contributed by atoms with Crippen LogP contribution in [0.4, 0.5) is 13.2 Å². The first kappa shape index (κ1) is 10.1. The monoisotopic (exact) mass is 205 g/mol. The Labute approximate surface area is 78.6 Å². The summed E-state index contributed by atoms with van der Waals surface area (Å²) in [6.07, 6.45) is -2.07. The first-order chi connectivity index (χ1) is 5.95. The van der Waals surface area contributed by atoms with Crippen molar-refractivity contribution in [1.82, 2.24) is 0 Å². The maximum atomic E-state index is 12.2. The van der Waals surface area contributed by atoms with Gasteiger partial charge in [0, 0.05) is 0 Å². The van der Waals surface area contributed by atoms with Crippen molar-refractivity contribution in [2.24, 2.45) is 0 Å². The molecule has 0 atom stereocenters. The summed E-state index contributed by atoms with van der Waals surface area (Å²) in [5.41, 5.74) is -0.584. The van der Waals surface area contributed by atoms with Gasteiger partial charge < -0.3 is 0 Å². The van der Waals surface area contributed by atoms with E-state index in [1.807, 2.05) is 0 Å². The number of alkyl halides is 3. The van der Waals surface area contributed by atoms with Gasteiger partial charge in [-0.05, 0) is 23.8 Å². The molecule has 0 nitrogen and oxygen atoms in total. The van der Waals surface area contributed by atoms with Crippen LogP contribution in [0.25, 0.3) is 0 Å². The van der Waals surface area contributed by atoms with Gasteiger partial charge in [0.05, 0.1) is 10.6 Å². The fraction of sp³-hybridized carbons (Fsp3) is 0.111. The molecule has 0 fully saturated rings. The predicted molar refractivity (Wildman–Crippen MR) is 44.4 cm³/mol. The third-order valence-electron chi connectivity index (χ3n) is 1.48. The van der Waals surface area contributed by atoms with E-state index in [0.717, 1.165) is 6.07 Å². The second-order valence-corrected chi connectivity index (χ2v) is 2.78. The van der Waals surface area contributed by atoms with Crippen molar-refractivity contribution in [1.29, 1.82) is 0 Å². The Balaban J connectivity index is 3.27. The van der Waals surface area contributed by atoms with E-state index < -0.39 is 11.7 Å². The summed E-state index contributed by atoms with van der Waals surface area (Å²) in [5.74, 6) is 0. The van der Waals surface area contributed by atoms with E-state index in [4.69, 9.17) is 11.6 Å². The van der Waals surface area contributed by atoms with Crippen LogP contribution in [0.2, 0.25) is 5.02 Å². The summed E-state index contributed by atoms with van der Waals surface area (Å²) in [4.78, 5) is 0. The Morgan fingerprint density at radius 3 is 2.38 bits per heavy atom. The summed E-state index contributed by atoms with van der Waals surface area (Å²) < 4.78 is 36.7. The van der Waals surface area contributed by atoms with E-state index in [1.165, 1.54) is 12.1 Å². The molecule has 0 bridgehead atoms. The van der Waals surface area contributed by atoms with E-state index in [-0.39, 0.29) is 10.6 Å². The number of hydrogen-bond donors (Lipinski definition) is 0. The number of halogens is 4. The summed E-state index contributed by atoms with van der Waals surface area (Å²) in [5, 5.41) is -0.313. The van der Waals surface area contributed by atoms with E-state index in [1.54, 1.807) is 0 Å². The summed E-state index contributed by atoms with van der Waals surface area (Å²) in [7, 11) is 0. The van der Waals surface area contributed by atoms with E-state index in [2.05, 4.69) is 12.7 Å². The topological polar surface area (TPSA) is 0 Å². The summed E-state index contributed by atoms with van der Waals surface area (Å²) in [6, 6.07) is 3.51. The van der Waals surface area contributed by atoms with Gasteiger partial charge in [-0.1, -0.05) is 24.2 Å². The number of rotatable bonds is 1. The van der Waals surface area contributed by atoms with Crippen molar-refractivity contribution < 1.29 is 13.2 Å². The highest BCUT2D eigenvalue weighted by molar-refractivity contribution is 6.31. The lowest BCUT2D eigenvalue weighted by atomic mass is 10.1. The minimum absolute atomic E-state index is 0.275. The first-order valence-electron chi connectivity index (χ1n) is 3.35. The second kappa shape index (κ2) is 3.42. The molecular formula is C9H5ClF3. The third-order valence-corrected chi connectivity index (χ3v) is 1.81. The quantitative estimate of drug-likeness (QED) is 0.656. The highest BCUT2D eigenvalue weighted by Crippen LogP contribution is 2.34. The largest absolute Gasteiger partial charge is 0.417 e. The average molecular weight is 206 g/mol. The molecule has 1 radical (unpaired) electrons. The predicted octanol–water partition coefficient (Wildman–Crippen LogP) is 3.70. The van der Waals surface area contributed by atoms with Gasteiger partial charge in [-0.15, -0.1) is 0 Å². The molecule has 69 valence electrons. The molecule has 1 rings (SSSR count). The van der Waals surface area contributed by atoms with Crippen molar-refractivity contribution >= 4 is 11.6 Å². The molecule has 1 aromatic carbocycles. The van der Waals surface area contributed by atoms with E-state index >= 15 is 0 Å². The SMILES string of the molecule is C=[C]c1ccc(Cl)c(C(F)(F)F)c1. The molecule has 0 unspecified atom stereocenters. The van der Waals surface area contributed by atoms with Crippen molar-refractivity contribution in [2.45, 2.75) is 6.18 Å². The highest BCUT2D eigenvalue weighted by Gasteiger charge is 2.33. The minimum atomic E-state index is -4.43. The molecule has 0 aliphatic heterocycles. The smallest absolute Gasteiger partial charge is 0.166 e. The fourth-order valence-corrected chi connectivity index (χ4v) is 1.08. The molecule has 0 saturated carbocycles. The average Bonchev–Trinajstić information content (AvgIpc) is 2.03. The van der Waals surface area contributed by atoms with Gasteiger partial charge in [-0.25, -0.2) is 0 Å². The maximum absolute atomic E-state index is 12.2. The van der Waals surface area contributed by atoms with Crippen LogP contribution in [0, 0.1) is 6.08 Å². The van der Waals surface area contributed by atoms with Crippen LogP contribution in [0.1, 0.15) is 11.1 Å². The summed E-state index contributed by atoms with van der Waals surface area (Å²) >= 11 is 5.37. The first-order valence-corrected chi connectivity index (χ1v) is 3.73. The zero-order chi connectivity index (χ0) is 10.1. The Kier molecular flexibility index (Phi) is 2.66. The zero-order valence-corrected chi connectivity index (χ0v) is 7.21. The lowest BCUT2D eigenvalue weighted by Crippen LogP contribution is -2.05. The second-order valence-electron chi connectivity index (χ2n) is 2.37. The van der Waals surface area contributed by atoms with Crippen molar-refractivity contribution in [2.75, 3.05) is 0 Å². The van der Waals surface area contributed by atoms with Crippen molar-refractivity contribution in [3.63, 3.8) is 0 Å². The molecule has 0 aromatic heterocycles. The van der Waals surface area contributed by atoms with Gasteiger partial charge in [0.1, 0.15) is 0 Å². The highest BCUT2D eigenvalue weighted by atomic mass is 35.5. The Morgan fingerprint density at radius 2 is 1.92 bits per heavy atom. The van der Waals surface area contributed by atoms with Crippen LogP contribution in [-0.2, 0) is 6.18 Å². The van der Waals surface area contributed by atoms with Crippen molar-refractivity contribution in [3.05, 3.63) is 47.0 Å². The van der Waals surface area contributed by atoms with Crippen LogP contribution in [0.15, 0.2) is 24.8 Å².